The van der Waals surface area contributed by atoms with Crippen LogP contribution in [-0.4, -0.2) is 0 Å². The Hall–Kier alpha value is -1.56. The maximum atomic E-state index is 2.91. The minimum atomic E-state index is 0.736. The minimum Gasteiger partial charge on any atom is -0.0845 e. The van der Waals surface area contributed by atoms with Crippen LogP contribution in [0.25, 0.3) is 0 Å². The van der Waals surface area contributed by atoms with Gasteiger partial charge in [-0.3, -0.25) is 0 Å². The van der Waals surface area contributed by atoms with E-state index in [1.807, 2.05) is 11.1 Å². The zero-order chi connectivity index (χ0) is 24.4. The van der Waals surface area contributed by atoms with E-state index in [0.717, 1.165) is 142 Å². The van der Waals surface area contributed by atoms with Gasteiger partial charge in [-0.2, -0.15) is 0 Å². The maximum Gasteiger partial charge on any atom is 0.0132 e. The molecule has 0 heterocycles. The molecule has 0 N–H and O–H groups in total. The Bertz CT molecular complexity index is 1690. The molecule has 24 atom stereocenters. The van der Waals surface area contributed by atoms with Gasteiger partial charge < -0.3 is 0 Å². The summed E-state index contributed by atoms with van der Waals surface area (Å²) >= 11 is 0. The van der Waals surface area contributed by atoms with Crippen LogP contribution in [0.3, 0.4) is 0 Å². The Kier molecular flexibility index (Phi) is 2.42. The average molecular weight is 519 g/mol. The standard InChI is InChI=1S/C40H38/c1-2-12-14-5-6-16-18-9-10-20-19-8-7-17-15-4-3-13-11(1)21-22(12)32-24(14)26(16)34-29(18)30(20)35-28(19)27(17)33-25(15)23(13)31(21)36-37(32)39(34)40(35)38(33)36/h1-6,11,13-21,23-30,33-35,38-40H,7-10H2. The van der Waals surface area contributed by atoms with E-state index >= 15 is 0 Å². The Balaban J connectivity index is 1.14. The summed E-state index contributed by atoms with van der Waals surface area (Å²) in [6.07, 6.45) is 23.6. The first-order chi connectivity index (χ1) is 19.9. The second-order valence-electron chi connectivity index (χ2n) is 18.7. The van der Waals surface area contributed by atoms with Gasteiger partial charge in [-0.1, -0.05) is 42.0 Å². The Morgan fingerprint density at radius 2 is 1.02 bits per heavy atom. The fourth-order valence-corrected chi connectivity index (χ4v) is 20.5. The molecule has 40 heavy (non-hydrogen) atoms. The normalized spacial score (nSPS) is 75.0. The highest BCUT2D eigenvalue weighted by Crippen LogP contribution is 2.89. The van der Waals surface area contributed by atoms with Crippen LogP contribution in [0.15, 0.2) is 69.9 Å². The summed E-state index contributed by atoms with van der Waals surface area (Å²) in [5.41, 5.74) is 12.4. The SMILES string of the molecule is C1=CC2C3C4=C1C1C=CC5C6CCC7C8CCC9C%10C=CC2C2C3=C3C%11=C4C1C5C1C%11C4C3C(C%102)C9C8C4C7C61. The van der Waals surface area contributed by atoms with Gasteiger partial charge >= 0.3 is 0 Å². The first kappa shape index (κ1) is 18.9. The molecule has 0 bridgehead atoms. The maximum absolute atomic E-state index is 2.91. The van der Waals surface area contributed by atoms with Crippen molar-refractivity contribution in [3.63, 3.8) is 0 Å². The Morgan fingerprint density at radius 1 is 0.400 bits per heavy atom. The van der Waals surface area contributed by atoms with Crippen molar-refractivity contribution < 1.29 is 0 Å². The van der Waals surface area contributed by atoms with Gasteiger partial charge in [0.15, 0.2) is 0 Å². The van der Waals surface area contributed by atoms with Gasteiger partial charge in [0.1, 0.15) is 0 Å². The number of hydrogen-bond donors (Lipinski definition) is 0. The largest absolute Gasteiger partial charge is 0.0845 e. The molecule has 16 aliphatic rings. The molecule has 9 fully saturated rings. The van der Waals surface area contributed by atoms with Crippen LogP contribution in [0.5, 0.6) is 0 Å². The molecule has 0 spiro atoms. The lowest BCUT2D eigenvalue weighted by Crippen LogP contribution is -2.56. The van der Waals surface area contributed by atoms with Crippen LogP contribution in [0, 0.1) is 142 Å². The summed E-state index contributed by atoms with van der Waals surface area (Å²) in [4.78, 5) is 0. The molecule has 9 saturated carbocycles. The first-order valence-corrected chi connectivity index (χ1v) is 18.2. The van der Waals surface area contributed by atoms with Crippen molar-refractivity contribution in [2.75, 3.05) is 0 Å². The van der Waals surface area contributed by atoms with E-state index in [1.54, 1.807) is 25.7 Å². The van der Waals surface area contributed by atoms with E-state index in [-0.39, 0.29) is 0 Å². The molecule has 16 aliphatic carbocycles. The molecule has 0 aromatic heterocycles. The lowest BCUT2D eigenvalue weighted by Gasteiger charge is -2.60. The highest BCUT2D eigenvalue weighted by molar-refractivity contribution is 5.73. The minimum absolute atomic E-state index is 0.736. The van der Waals surface area contributed by atoms with Gasteiger partial charge in [0.25, 0.3) is 0 Å². The molecule has 0 saturated heterocycles. The highest BCUT2D eigenvalue weighted by atomic mass is 14.9. The van der Waals surface area contributed by atoms with E-state index in [9.17, 15) is 0 Å². The van der Waals surface area contributed by atoms with Crippen LogP contribution < -0.4 is 0 Å². The molecule has 0 aromatic rings. The number of allylic oxidation sites excluding steroid dienone is 12. The number of hydrogen-bond acceptors (Lipinski definition) is 0. The molecule has 0 aliphatic heterocycles. The summed E-state index contributed by atoms with van der Waals surface area (Å²) in [6.45, 7) is 0. The van der Waals surface area contributed by atoms with Gasteiger partial charge in [0, 0.05) is 11.8 Å². The average Bonchev–Trinajstić information content (AvgIpc) is 3.79. The molecule has 0 nitrogen and oxygen atoms in total. The highest BCUT2D eigenvalue weighted by Gasteiger charge is 2.83. The summed E-state index contributed by atoms with van der Waals surface area (Å²) in [5.74, 6) is 24.1. The van der Waals surface area contributed by atoms with Crippen LogP contribution in [0.1, 0.15) is 25.7 Å². The summed E-state index contributed by atoms with van der Waals surface area (Å²) < 4.78 is 0. The van der Waals surface area contributed by atoms with Crippen molar-refractivity contribution >= 4 is 0 Å². The van der Waals surface area contributed by atoms with E-state index in [1.165, 1.54) is 0 Å². The van der Waals surface area contributed by atoms with Crippen LogP contribution >= 0.6 is 0 Å². The van der Waals surface area contributed by atoms with Crippen molar-refractivity contribution in [1.29, 1.82) is 0 Å². The number of rotatable bonds is 0. The van der Waals surface area contributed by atoms with Crippen molar-refractivity contribution in [2.24, 2.45) is 142 Å². The smallest absolute Gasteiger partial charge is 0.0132 e. The topological polar surface area (TPSA) is 0 Å². The van der Waals surface area contributed by atoms with Crippen LogP contribution in [0.4, 0.5) is 0 Å². The molecular formula is C40H38. The lowest BCUT2D eigenvalue weighted by atomic mass is 9.44. The van der Waals surface area contributed by atoms with Gasteiger partial charge in [-0.05, 0) is 184 Å². The van der Waals surface area contributed by atoms with Gasteiger partial charge in [0.05, 0.1) is 0 Å². The molecular weight excluding hydrogens is 480 g/mol. The molecule has 0 aromatic carbocycles. The fourth-order valence-electron chi connectivity index (χ4n) is 20.5. The van der Waals surface area contributed by atoms with E-state index < -0.39 is 0 Å². The van der Waals surface area contributed by atoms with Crippen molar-refractivity contribution in [3.8, 4) is 0 Å². The molecule has 0 radical (unpaired) electrons. The molecule has 16 rings (SSSR count). The summed E-state index contributed by atoms with van der Waals surface area (Å²) in [5, 5.41) is 0. The third-order valence-electron chi connectivity index (χ3n) is 19.6. The van der Waals surface area contributed by atoms with Crippen LogP contribution in [0.2, 0.25) is 0 Å². The fraction of sp³-hybridized carbons (Fsp3) is 0.700. The van der Waals surface area contributed by atoms with Gasteiger partial charge in [-0.25, -0.2) is 0 Å². The molecule has 24 unspecified atom stereocenters. The van der Waals surface area contributed by atoms with E-state index in [2.05, 4.69) is 58.7 Å². The number of fused-ring (bicyclic) bond motifs is 5. The van der Waals surface area contributed by atoms with Crippen molar-refractivity contribution in [2.45, 2.75) is 25.7 Å². The van der Waals surface area contributed by atoms with Crippen molar-refractivity contribution in [1.82, 2.24) is 0 Å². The van der Waals surface area contributed by atoms with E-state index in [0.29, 0.717) is 0 Å². The zero-order valence-electron chi connectivity index (χ0n) is 23.1. The first-order valence-electron chi connectivity index (χ1n) is 18.2. The Labute approximate surface area is 237 Å². The third-order valence-corrected chi connectivity index (χ3v) is 19.6. The predicted octanol–water partition coefficient (Wildman–Crippen LogP) is 7.11. The van der Waals surface area contributed by atoms with E-state index in [4.69, 9.17) is 0 Å². The quantitative estimate of drug-likeness (QED) is 0.300. The zero-order valence-corrected chi connectivity index (χ0v) is 23.1. The second-order valence-corrected chi connectivity index (χ2v) is 18.7. The third kappa shape index (κ3) is 1.36. The summed E-state index contributed by atoms with van der Waals surface area (Å²) in [6, 6.07) is 0. The summed E-state index contributed by atoms with van der Waals surface area (Å²) in [7, 11) is 0. The van der Waals surface area contributed by atoms with Crippen LogP contribution in [-0.2, 0) is 0 Å². The Morgan fingerprint density at radius 3 is 1.82 bits per heavy atom. The predicted molar refractivity (Wildman–Crippen MR) is 151 cm³/mol. The lowest BCUT2D eigenvalue weighted by molar-refractivity contribution is -0.115. The van der Waals surface area contributed by atoms with Gasteiger partial charge in [0.2, 0.25) is 0 Å². The molecule has 0 amide bonds. The monoisotopic (exact) mass is 518 g/mol. The van der Waals surface area contributed by atoms with Crippen molar-refractivity contribution in [3.05, 3.63) is 69.9 Å². The molecule has 198 valence electrons. The van der Waals surface area contributed by atoms with Gasteiger partial charge in [-0.15, -0.1) is 0 Å². The second kappa shape index (κ2) is 5.13. The molecule has 0 heteroatoms.